The van der Waals surface area contributed by atoms with Crippen molar-refractivity contribution in [2.24, 2.45) is 5.73 Å². The summed E-state index contributed by atoms with van der Waals surface area (Å²) in [6, 6.07) is 11.8. The molecule has 168 valence electrons. The molecule has 2 aliphatic rings. The van der Waals surface area contributed by atoms with E-state index in [2.05, 4.69) is 17.0 Å². The van der Waals surface area contributed by atoms with E-state index in [1.807, 2.05) is 24.5 Å². The quantitative estimate of drug-likeness (QED) is 0.395. The first kappa shape index (κ1) is 22.6. The van der Waals surface area contributed by atoms with E-state index in [9.17, 15) is 4.39 Å². The number of aryl methyl sites for hydroxylation is 1. The van der Waals surface area contributed by atoms with Crippen LogP contribution in [0.25, 0.3) is 11.1 Å². The number of hydrogen-bond acceptors (Lipinski definition) is 4. The summed E-state index contributed by atoms with van der Waals surface area (Å²) in [5, 5.41) is 0. The zero-order valence-electron chi connectivity index (χ0n) is 17.9. The molecule has 32 heavy (non-hydrogen) atoms. The predicted octanol–water partition coefficient (Wildman–Crippen LogP) is 5.44. The minimum Gasteiger partial charge on any atom is -0.330 e. The SMILES string of the molecule is C.NCCCCN(Cc1nccc2c1Cc1cc(F)ccc1-2)C1CCCc2cccnc21. The Bertz CT molecular complexity index is 1080. The maximum atomic E-state index is 13.8. The van der Waals surface area contributed by atoms with Crippen LogP contribution < -0.4 is 5.73 Å². The Labute approximate surface area is 190 Å². The third-order valence-corrected chi connectivity index (χ3v) is 6.73. The van der Waals surface area contributed by atoms with Crippen LogP contribution in [0.1, 0.15) is 67.2 Å². The first-order valence-corrected chi connectivity index (χ1v) is 11.4. The molecule has 2 heterocycles. The number of fused-ring (bicyclic) bond motifs is 4. The molecule has 0 bridgehead atoms. The van der Waals surface area contributed by atoms with Crippen molar-refractivity contribution in [1.82, 2.24) is 14.9 Å². The Kier molecular flexibility index (Phi) is 6.97. The van der Waals surface area contributed by atoms with E-state index in [1.165, 1.54) is 28.8 Å². The van der Waals surface area contributed by atoms with Gasteiger partial charge in [0.25, 0.3) is 0 Å². The lowest BCUT2D eigenvalue weighted by Gasteiger charge is -2.35. The second-order valence-corrected chi connectivity index (χ2v) is 8.68. The zero-order chi connectivity index (χ0) is 21.2. The monoisotopic (exact) mass is 432 g/mol. The van der Waals surface area contributed by atoms with Gasteiger partial charge in [-0.15, -0.1) is 0 Å². The molecule has 1 unspecified atom stereocenters. The number of aromatic nitrogens is 2. The predicted molar refractivity (Wildman–Crippen MR) is 128 cm³/mol. The van der Waals surface area contributed by atoms with Gasteiger partial charge in [-0.1, -0.05) is 19.6 Å². The number of pyridine rings is 2. The van der Waals surface area contributed by atoms with E-state index >= 15 is 0 Å². The standard InChI is InChI=1S/C26H29FN4.CH4/c27-20-8-9-21-19(15-20)16-23-22(21)10-13-29-24(23)17-31(14-2-1-11-28)25-7-3-5-18-6-4-12-30-26(18)25;/h4,6,8-10,12-13,15,25H,1-3,5,7,11,14,16-17,28H2;1H4. The fraction of sp³-hybridized carbons (Fsp3) is 0.407. The van der Waals surface area contributed by atoms with Crippen LogP contribution >= 0.6 is 0 Å². The number of rotatable bonds is 7. The largest absolute Gasteiger partial charge is 0.330 e. The lowest BCUT2D eigenvalue weighted by Crippen LogP contribution is -2.33. The van der Waals surface area contributed by atoms with Crippen molar-refractivity contribution in [1.29, 1.82) is 0 Å². The van der Waals surface area contributed by atoms with E-state index in [4.69, 9.17) is 15.7 Å². The van der Waals surface area contributed by atoms with Crippen LogP contribution in [0, 0.1) is 5.82 Å². The van der Waals surface area contributed by atoms with Gasteiger partial charge in [-0.25, -0.2) is 4.39 Å². The number of nitrogens with two attached hydrogens (primary N) is 1. The minimum atomic E-state index is -0.172. The van der Waals surface area contributed by atoms with Crippen molar-refractivity contribution >= 4 is 0 Å². The highest BCUT2D eigenvalue weighted by Gasteiger charge is 2.29. The van der Waals surface area contributed by atoms with Crippen LogP contribution in [0.5, 0.6) is 0 Å². The molecule has 0 amide bonds. The average Bonchev–Trinajstić information content (AvgIpc) is 3.16. The third-order valence-electron chi connectivity index (χ3n) is 6.73. The Morgan fingerprint density at radius 2 is 1.94 bits per heavy atom. The highest BCUT2D eigenvalue weighted by molar-refractivity contribution is 5.77. The van der Waals surface area contributed by atoms with Crippen LogP contribution in [0.15, 0.2) is 48.8 Å². The summed E-state index contributed by atoms with van der Waals surface area (Å²) in [5.74, 6) is -0.172. The van der Waals surface area contributed by atoms with Gasteiger partial charge in [0.2, 0.25) is 0 Å². The highest BCUT2D eigenvalue weighted by Crippen LogP contribution is 2.39. The zero-order valence-corrected chi connectivity index (χ0v) is 17.9. The molecule has 2 aromatic heterocycles. The van der Waals surface area contributed by atoms with Gasteiger partial charge in [0.05, 0.1) is 17.4 Å². The van der Waals surface area contributed by atoms with Gasteiger partial charge in [-0.05, 0) is 97.3 Å². The summed E-state index contributed by atoms with van der Waals surface area (Å²) in [4.78, 5) is 12.1. The molecule has 0 saturated heterocycles. The van der Waals surface area contributed by atoms with E-state index in [0.29, 0.717) is 12.6 Å². The van der Waals surface area contributed by atoms with E-state index in [1.54, 1.807) is 12.1 Å². The molecule has 1 atom stereocenters. The first-order chi connectivity index (χ1) is 15.2. The molecule has 3 aromatic rings. The molecule has 0 aliphatic heterocycles. The normalized spacial score (nSPS) is 16.3. The molecule has 1 aromatic carbocycles. The van der Waals surface area contributed by atoms with E-state index < -0.39 is 0 Å². The second-order valence-electron chi connectivity index (χ2n) is 8.68. The van der Waals surface area contributed by atoms with Crippen molar-refractivity contribution in [2.75, 3.05) is 13.1 Å². The van der Waals surface area contributed by atoms with Crippen LogP contribution in [-0.2, 0) is 19.4 Å². The maximum absolute atomic E-state index is 13.8. The Hall–Kier alpha value is -2.63. The van der Waals surface area contributed by atoms with Gasteiger partial charge in [-0.2, -0.15) is 0 Å². The summed E-state index contributed by atoms with van der Waals surface area (Å²) in [6.07, 6.45) is 10.1. The molecule has 4 nitrogen and oxygen atoms in total. The van der Waals surface area contributed by atoms with Gasteiger partial charge in [0.15, 0.2) is 0 Å². The Morgan fingerprint density at radius 3 is 2.81 bits per heavy atom. The van der Waals surface area contributed by atoms with E-state index in [-0.39, 0.29) is 13.2 Å². The van der Waals surface area contributed by atoms with Gasteiger partial charge in [0.1, 0.15) is 5.82 Å². The third kappa shape index (κ3) is 4.32. The summed E-state index contributed by atoms with van der Waals surface area (Å²) in [5.41, 5.74) is 14.1. The van der Waals surface area contributed by atoms with Crippen molar-refractivity contribution in [3.05, 3.63) is 82.7 Å². The lowest BCUT2D eigenvalue weighted by atomic mass is 9.90. The van der Waals surface area contributed by atoms with Gasteiger partial charge in [0, 0.05) is 25.4 Å². The van der Waals surface area contributed by atoms with Crippen LogP contribution in [0.2, 0.25) is 0 Å². The average molecular weight is 433 g/mol. The van der Waals surface area contributed by atoms with Crippen molar-refractivity contribution in [2.45, 2.75) is 58.5 Å². The smallest absolute Gasteiger partial charge is 0.123 e. The molecule has 2 aliphatic carbocycles. The second kappa shape index (κ2) is 9.88. The molecular weight excluding hydrogens is 399 g/mol. The molecule has 5 heteroatoms. The number of hydrogen-bond donors (Lipinski definition) is 1. The number of benzene rings is 1. The molecule has 2 N–H and O–H groups in total. The molecular formula is C27H33FN4. The van der Waals surface area contributed by atoms with Crippen LogP contribution in [0.4, 0.5) is 4.39 Å². The lowest BCUT2D eigenvalue weighted by molar-refractivity contribution is 0.160. The van der Waals surface area contributed by atoms with Gasteiger partial charge >= 0.3 is 0 Å². The van der Waals surface area contributed by atoms with Gasteiger partial charge in [-0.3, -0.25) is 14.9 Å². The summed E-state index contributed by atoms with van der Waals surface area (Å²) < 4.78 is 13.8. The molecule has 0 fully saturated rings. The Balaban J connectivity index is 0.00000245. The van der Waals surface area contributed by atoms with Crippen molar-refractivity contribution in [3.8, 4) is 11.1 Å². The van der Waals surface area contributed by atoms with Crippen molar-refractivity contribution in [3.63, 3.8) is 0 Å². The van der Waals surface area contributed by atoms with Crippen LogP contribution in [0.3, 0.4) is 0 Å². The minimum absolute atomic E-state index is 0. The molecule has 5 rings (SSSR count). The van der Waals surface area contributed by atoms with Gasteiger partial charge < -0.3 is 5.73 Å². The highest BCUT2D eigenvalue weighted by atomic mass is 19.1. The molecule has 0 radical (unpaired) electrons. The summed E-state index contributed by atoms with van der Waals surface area (Å²) >= 11 is 0. The first-order valence-electron chi connectivity index (χ1n) is 11.4. The fourth-order valence-corrected chi connectivity index (χ4v) is 5.22. The topological polar surface area (TPSA) is 55.0 Å². The van der Waals surface area contributed by atoms with Crippen molar-refractivity contribution < 1.29 is 4.39 Å². The molecule has 0 saturated carbocycles. The Morgan fingerprint density at radius 1 is 1.03 bits per heavy atom. The number of nitrogens with zero attached hydrogens (tertiary/aromatic N) is 3. The number of halogens is 1. The summed E-state index contributed by atoms with van der Waals surface area (Å²) in [7, 11) is 0. The molecule has 0 spiro atoms. The van der Waals surface area contributed by atoms with E-state index in [0.717, 1.165) is 62.0 Å². The fourth-order valence-electron chi connectivity index (χ4n) is 5.22. The van der Waals surface area contributed by atoms with Crippen LogP contribution in [-0.4, -0.2) is 28.0 Å². The maximum Gasteiger partial charge on any atom is 0.123 e. The number of unbranched alkanes of at least 4 members (excludes halogenated alkanes) is 1. The summed E-state index contributed by atoms with van der Waals surface area (Å²) in [6.45, 7) is 2.48.